The highest BCUT2D eigenvalue weighted by Crippen LogP contribution is 2.56. The third kappa shape index (κ3) is 2.42. The number of halogens is 2. The van der Waals surface area contributed by atoms with Crippen molar-refractivity contribution in [1.29, 1.82) is 0 Å². The number of carbonyl (C=O) groups is 3. The summed E-state index contributed by atoms with van der Waals surface area (Å²) in [6, 6.07) is 4.72. The van der Waals surface area contributed by atoms with E-state index < -0.39 is 5.91 Å². The molecule has 24 heavy (non-hydrogen) atoms. The smallest absolute Gasteiger partial charge is 0.244 e. The topological polar surface area (TPSA) is 66.5 Å². The van der Waals surface area contributed by atoms with E-state index in [-0.39, 0.29) is 30.2 Å². The van der Waals surface area contributed by atoms with Crippen LogP contribution in [-0.4, -0.2) is 29.2 Å². The lowest BCUT2D eigenvalue weighted by atomic mass is 9.81. The average Bonchev–Trinajstić information content (AvgIpc) is 3.20. The molecule has 2 saturated carbocycles. The van der Waals surface area contributed by atoms with E-state index in [1.807, 2.05) is 0 Å². The van der Waals surface area contributed by atoms with Gasteiger partial charge in [-0.3, -0.25) is 19.3 Å². The van der Waals surface area contributed by atoms with E-state index in [0.717, 1.165) is 24.2 Å². The summed E-state index contributed by atoms with van der Waals surface area (Å²) >= 11 is 11.8. The van der Waals surface area contributed by atoms with Crippen molar-refractivity contribution in [3.8, 4) is 0 Å². The Bertz CT molecular complexity index is 723. The van der Waals surface area contributed by atoms with Crippen LogP contribution in [0.15, 0.2) is 18.2 Å². The van der Waals surface area contributed by atoms with Gasteiger partial charge >= 0.3 is 0 Å². The zero-order chi connectivity index (χ0) is 17.0. The first-order valence-corrected chi connectivity index (χ1v) is 8.81. The highest BCUT2D eigenvalue weighted by atomic mass is 35.5. The number of imide groups is 1. The lowest BCUT2D eigenvalue weighted by molar-refractivity contribution is -0.143. The number of hydrogen-bond acceptors (Lipinski definition) is 3. The molecule has 1 aromatic carbocycles. The summed E-state index contributed by atoms with van der Waals surface area (Å²) in [6.45, 7) is -0.261. The van der Waals surface area contributed by atoms with Crippen LogP contribution in [0.4, 0.5) is 5.69 Å². The van der Waals surface area contributed by atoms with Gasteiger partial charge in [-0.05, 0) is 49.3 Å². The molecule has 2 aliphatic carbocycles. The predicted molar refractivity (Wildman–Crippen MR) is 89.6 cm³/mol. The van der Waals surface area contributed by atoms with Gasteiger partial charge in [0.25, 0.3) is 0 Å². The Morgan fingerprint density at radius 2 is 1.75 bits per heavy atom. The summed E-state index contributed by atoms with van der Waals surface area (Å²) in [5, 5.41) is 3.41. The second-order valence-corrected chi connectivity index (χ2v) is 7.66. The summed E-state index contributed by atoms with van der Waals surface area (Å²) < 4.78 is 0. The lowest BCUT2D eigenvalue weighted by Gasteiger charge is -2.19. The molecule has 1 heterocycles. The molecule has 1 saturated heterocycles. The normalized spacial score (nSPS) is 30.8. The Morgan fingerprint density at radius 1 is 1.12 bits per heavy atom. The number of benzene rings is 1. The number of amides is 3. The minimum Gasteiger partial charge on any atom is -0.323 e. The lowest BCUT2D eigenvalue weighted by Crippen LogP contribution is -2.39. The largest absolute Gasteiger partial charge is 0.323 e. The number of hydrogen-bond donors (Lipinski definition) is 1. The van der Waals surface area contributed by atoms with Crippen LogP contribution < -0.4 is 5.32 Å². The summed E-state index contributed by atoms with van der Waals surface area (Å²) in [7, 11) is 0. The third-order valence-corrected chi connectivity index (χ3v) is 6.07. The van der Waals surface area contributed by atoms with Gasteiger partial charge in [-0.25, -0.2) is 0 Å². The maximum atomic E-state index is 12.6. The van der Waals surface area contributed by atoms with Gasteiger partial charge in [0, 0.05) is 5.02 Å². The molecule has 3 aliphatic rings. The minimum atomic E-state index is -0.437. The molecule has 5 nitrogen and oxygen atoms in total. The maximum Gasteiger partial charge on any atom is 0.244 e. The first-order chi connectivity index (χ1) is 11.5. The summed E-state index contributed by atoms with van der Waals surface area (Å²) in [5.41, 5.74) is 0.408. The fourth-order valence-electron chi connectivity index (χ4n) is 4.55. The Balaban J connectivity index is 1.46. The zero-order valence-corrected chi connectivity index (χ0v) is 14.3. The van der Waals surface area contributed by atoms with Crippen LogP contribution in [0.3, 0.4) is 0 Å². The van der Waals surface area contributed by atoms with E-state index in [2.05, 4.69) is 5.32 Å². The van der Waals surface area contributed by atoms with Gasteiger partial charge in [-0.15, -0.1) is 0 Å². The standard InChI is InChI=1S/C17H16Cl2N2O3/c18-10-3-4-12(11(19)6-10)20-13(22)7-21-16(23)14-8-1-2-9(5-8)15(14)17(21)24/h3-4,6,8-9,14-15H,1-2,5,7H2,(H,20,22)/t8-,9-,14+,15+/m1/s1. The maximum absolute atomic E-state index is 12.6. The highest BCUT2D eigenvalue weighted by Gasteiger charge is 2.60. The molecule has 7 heteroatoms. The molecule has 0 spiro atoms. The number of nitrogens with zero attached hydrogens (tertiary/aromatic N) is 1. The van der Waals surface area contributed by atoms with Gasteiger partial charge in [-0.2, -0.15) is 0 Å². The van der Waals surface area contributed by atoms with Crippen LogP contribution in [0.1, 0.15) is 19.3 Å². The fraction of sp³-hybridized carbons (Fsp3) is 0.471. The van der Waals surface area contributed by atoms with E-state index in [0.29, 0.717) is 27.6 Å². The van der Waals surface area contributed by atoms with Gasteiger partial charge in [0.15, 0.2) is 0 Å². The molecule has 0 aromatic heterocycles. The quantitative estimate of drug-likeness (QED) is 0.836. The summed E-state index contributed by atoms with van der Waals surface area (Å²) in [5.74, 6) is -0.589. The number of fused-ring (bicyclic) bond motifs is 5. The van der Waals surface area contributed by atoms with Crippen molar-refractivity contribution < 1.29 is 14.4 Å². The van der Waals surface area contributed by atoms with Crippen LogP contribution in [0.2, 0.25) is 10.0 Å². The van der Waals surface area contributed by atoms with Gasteiger partial charge in [0.05, 0.1) is 22.5 Å². The summed E-state index contributed by atoms with van der Waals surface area (Å²) in [6.07, 6.45) is 3.02. The van der Waals surface area contributed by atoms with Crippen molar-refractivity contribution in [2.75, 3.05) is 11.9 Å². The fourth-order valence-corrected chi connectivity index (χ4v) is 5.01. The Labute approximate surface area is 149 Å². The molecule has 1 aromatic rings. The molecule has 2 bridgehead atoms. The molecule has 1 N–H and O–H groups in total. The van der Waals surface area contributed by atoms with Crippen molar-refractivity contribution in [2.24, 2.45) is 23.7 Å². The van der Waals surface area contributed by atoms with Gasteiger partial charge < -0.3 is 5.32 Å². The monoisotopic (exact) mass is 366 g/mol. The molecule has 0 unspecified atom stereocenters. The van der Waals surface area contributed by atoms with E-state index in [4.69, 9.17) is 23.2 Å². The van der Waals surface area contributed by atoms with E-state index in [9.17, 15) is 14.4 Å². The van der Waals surface area contributed by atoms with Crippen LogP contribution >= 0.6 is 23.2 Å². The molecule has 0 radical (unpaired) electrons. The number of anilines is 1. The SMILES string of the molecule is O=C(CN1C(=O)[C@H]2[C@@H]3CC[C@H](C3)[C@@H]2C1=O)Nc1ccc(Cl)cc1Cl. The third-order valence-electron chi connectivity index (χ3n) is 5.53. The molecule has 3 amide bonds. The van der Waals surface area contributed by atoms with E-state index >= 15 is 0 Å². The first-order valence-electron chi connectivity index (χ1n) is 8.06. The Hall–Kier alpha value is -1.59. The van der Waals surface area contributed by atoms with E-state index in [1.165, 1.54) is 6.07 Å². The first kappa shape index (κ1) is 15.9. The van der Waals surface area contributed by atoms with Crippen molar-refractivity contribution in [1.82, 2.24) is 4.90 Å². The van der Waals surface area contributed by atoms with Crippen LogP contribution in [0.25, 0.3) is 0 Å². The number of rotatable bonds is 3. The number of nitrogens with one attached hydrogen (secondary N) is 1. The van der Waals surface area contributed by atoms with Crippen molar-refractivity contribution in [3.63, 3.8) is 0 Å². The van der Waals surface area contributed by atoms with Gasteiger partial charge in [0.2, 0.25) is 17.7 Å². The van der Waals surface area contributed by atoms with E-state index in [1.54, 1.807) is 12.1 Å². The van der Waals surface area contributed by atoms with Crippen molar-refractivity contribution in [2.45, 2.75) is 19.3 Å². The number of likely N-dealkylation sites (tertiary alicyclic amines) is 1. The minimum absolute atomic E-state index is 0.186. The number of carbonyl (C=O) groups excluding carboxylic acids is 3. The van der Waals surface area contributed by atoms with Crippen LogP contribution in [0.5, 0.6) is 0 Å². The zero-order valence-electron chi connectivity index (χ0n) is 12.8. The highest BCUT2D eigenvalue weighted by molar-refractivity contribution is 6.36. The summed E-state index contributed by atoms with van der Waals surface area (Å²) in [4.78, 5) is 38.5. The molecule has 3 fully saturated rings. The molecular weight excluding hydrogens is 351 g/mol. The van der Waals surface area contributed by atoms with Crippen LogP contribution in [0, 0.1) is 23.7 Å². The predicted octanol–water partition coefficient (Wildman–Crippen LogP) is 2.96. The second kappa shape index (κ2) is 5.74. The van der Waals surface area contributed by atoms with Crippen LogP contribution in [-0.2, 0) is 14.4 Å². The second-order valence-electron chi connectivity index (χ2n) is 6.82. The van der Waals surface area contributed by atoms with Gasteiger partial charge in [0.1, 0.15) is 6.54 Å². The van der Waals surface area contributed by atoms with Gasteiger partial charge in [-0.1, -0.05) is 23.2 Å². The van der Waals surface area contributed by atoms with Crippen molar-refractivity contribution >= 4 is 46.6 Å². The molecule has 4 atom stereocenters. The average molecular weight is 367 g/mol. The molecule has 126 valence electrons. The molecule has 4 rings (SSSR count). The van der Waals surface area contributed by atoms with Crippen molar-refractivity contribution in [3.05, 3.63) is 28.2 Å². The Morgan fingerprint density at radius 3 is 2.33 bits per heavy atom. The Kier molecular flexibility index (Phi) is 3.81. The molecular formula is C17H16Cl2N2O3. The molecule has 1 aliphatic heterocycles.